The summed E-state index contributed by atoms with van der Waals surface area (Å²) in [7, 11) is 3.40. The van der Waals surface area contributed by atoms with Crippen molar-refractivity contribution in [3.05, 3.63) is 23.3 Å². The second kappa shape index (κ2) is 6.27. The summed E-state index contributed by atoms with van der Waals surface area (Å²) in [5, 5.41) is 3.64. The van der Waals surface area contributed by atoms with Crippen LogP contribution in [-0.4, -0.2) is 26.8 Å². The maximum Gasteiger partial charge on any atom is 0.161 e. The molecule has 0 aromatic heterocycles. The number of hydrogen-bond acceptors (Lipinski definition) is 3. The Hall–Kier alpha value is -1.22. The summed E-state index contributed by atoms with van der Waals surface area (Å²) >= 11 is 0. The van der Waals surface area contributed by atoms with Gasteiger partial charge in [-0.25, -0.2) is 0 Å². The highest BCUT2D eigenvalue weighted by Gasteiger charge is 2.50. The highest BCUT2D eigenvalue weighted by atomic mass is 16.5. The molecular formula is C18H29NO2. The van der Waals surface area contributed by atoms with E-state index in [9.17, 15) is 0 Å². The van der Waals surface area contributed by atoms with Gasteiger partial charge in [0, 0.05) is 6.04 Å². The van der Waals surface area contributed by atoms with E-state index in [-0.39, 0.29) is 0 Å². The normalized spacial score (nSPS) is 28.1. The lowest BCUT2D eigenvalue weighted by Crippen LogP contribution is -2.56. The van der Waals surface area contributed by atoms with Crippen LogP contribution in [0, 0.1) is 12.3 Å². The third-order valence-electron chi connectivity index (χ3n) is 5.42. The van der Waals surface area contributed by atoms with Crippen molar-refractivity contribution >= 4 is 0 Å². The van der Waals surface area contributed by atoms with Crippen LogP contribution in [0.15, 0.2) is 12.1 Å². The third-order valence-corrected chi connectivity index (χ3v) is 5.42. The number of methoxy groups -OCH3 is 2. The van der Waals surface area contributed by atoms with Crippen LogP contribution in [0.4, 0.5) is 0 Å². The Labute approximate surface area is 129 Å². The highest BCUT2D eigenvalue weighted by molar-refractivity contribution is 5.49. The van der Waals surface area contributed by atoms with E-state index >= 15 is 0 Å². The third kappa shape index (κ3) is 2.64. The number of rotatable bonds is 6. The Morgan fingerprint density at radius 1 is 1.19 bits per heavy atom. The maximum absolute atomic E-state index is 5.49. The monoisotopic (exact) mass is 291 g/mol. The summed E-state index contributed by atoms with van der Waals surface area (Å²) in [4.78, 5) is 0. The minimum atomic E-state index is 0.320. The zero-order valence-corrected chi connectivity index (χ0v) is 14.2. The van der Waals surface area contributed by atoms with Gasteiger partial charge in [0.1, 0.15) is 0 Å². The minimum Gasteiger partial charge on any atom is -0.493 e. The van der Waals surface area contributed by atoms with E-state index in [1.165, 1.54) is 24.0 Å². The standard InChI is InChI=1S/C18H29NO2/c1-7-18(4)14(11-17(18)19-8-2)13-10-16(21-6)15(20-5)9-12(13)3/h9-10,14,17,19H,7-8,11H2,1-6H3. The number of nitrogens with one attached hydrogen (secondary N) is 1. The number of benzene rings is 1. The van der Waals surface area contributed by atoms with Gasteiger partial charge in [-0.2, -0.15) is 0 Å². The van der Waals surface area contributed by atoms with Crippen LogP contribution < -0.4 is 14.8 Å². The van der Waals surface area contributed by atoms with Gasteiger partial charge in [-0.15, -0.1) is 0 Å². The Bertz CT molecular complexity index is 500. The van der Waals surface area contributed by atoms with Crippen LogP contribution in [-0.2, 0) is 0 Å². The van der Waals surface area contributed by atoms with Crippen LogP contribution >= 0.6 is 0 Å². The molecule has 0 aliphatic heterocycles. The average Bonchev–Trinajstić information content (AvgIpc) is 2.50. The minimum absolute atomic E-state index is 0.320. The molecule has 1 aliphatic rings. The summed E-state index contributed by atoms with van der Waals surface area (Å²) in [6.07, 6.45) is 2.39. The molecule has 0 saturated heterocycles. The number of ether oxygens (including phenoxy) is 2. The van der Waals surface area contributed by atoms with E-state index in [0.717, 1.165) is 18.0 Å². The lowest BCUT2D eigenvalue weighted by Gasteiger charge is -2.55. The first kappa shape index (κ1) is 16.2. The van der Waals surface area contributed by atoms with Crippen molar-refractivity contribution in [2.75, 3.05) is 20.8 Å². The quantitative estimate of drug-likeness (QED) is 0.862. The smallest absolute Gasteiger partial charge is 0.161 e. The topological polar surface area (TPSA) is 30.5 Å². The summed E-state index contributed by atoms with van der Waals surface area (Å²) in [6, 6.07) is 4.89. The summed E-state index contributed by atoms with van der Waals surface area (Å²) in [6.45, 7) is 10.1. The molecule has 2 rings (SSSR count). The van der Waals surface area contributed by atoms with E-state index in [1.54, 1.807) is 14.2 Å². The molecule has 0 radical (unpaired) electrons. The molecule has 0 bridgehead atoms. The van der Waals surface area contributed by atoms with Crippen molar-refractivity contribution in [1.82, 2.24) is 5.32 Å². The predicted octanol–water partition coefficient (Wildman–Crippen LogP) is 3.89. The Morgan fingerprint density at radius 3 is 2.33 bits per heavy atom. The first-order valence-corrected chi connectivity index (χ1v) is 7.97. The van der Waals surface area contributed by atoms with Gasteiger partial charge in [-0.3, -0.25) is 0 Å². The second-order valence-electron chi connectivity index (χ2n) is 6.32. The summed E-state index contributed by atoms with van der Waals surface area (Å²) in [5.41, 5.74) is 3.03. The van der Waals surface area contributed by atoms with Crippen molar-refractivity contribution in [2.45, 2.75) is 52.5 Å². The van der Waals surface area contributed by atoms with E-state index < -0.39 is 0 Å². The Kier molecular flexibility index (Phi) is 4.82. The zero-order valence-electron chi connectivity index (χ0n) is 14.2. The molecule has 1 fully saturated rings. The van der Waals surface area contributed by atoms with Gasteiger partial charge < -0.3 is 14.8 Å². The molecule has 3 nitrogen and oxygen atoms in total. The molecule has 0 amide bonds. The largest absolute Gasteiger partial charge is 0.493 e. The molecule has 1 aromatic carbocycles. The molecule has 3 heteroatoms. The van der Waals surface area contributed by atoms with Gasteiger partial charge in [0.25, 0.3) is 0 Å². The van der Waals surface area contributed by atoms with Gasteiger partial charge in [0.05, 0.1) is 14.2 Å². The van der Waals surface area contributed by atoms with Crippen molar-refractivity contribution in [3.63, 3.8) is 0 Å². The predicted molar refractivity (Wildman–Crippen MR) is 87.5 cm³/mol. The fourth-order valence-corrected chi connectivity index (χ4v) is 3.77. The van der Waals surface area contributed by atoms with Gasteiger partial charge in [0.2, 0.25) is 0 Å². The van der Waals surface area contributed by atoms with Crippen molar-refractivity contribution in [1.29, 1.82) is 0 Å². The molecule has 1 aliphatic carbocycles. The lowest BCUT2D eigenvalue weighted by molar-refractivity contribution is 0.0450. The maximum atomic E-state index is 5.49. The van der Waals surface area contributed by atoms with E-state index in [4.69, 9.17) is 9.47 Å². The SMILES string of the molecule is CCNC1CC(c2cc(OC)c(OC)cc2C)C1(C)CC. The van der Waals surface area contributed by atoms with Crippen molar-refractivity contribution in [2.24, 2.45) is 5.41 Å². The van der Waals surface area contributed by atoms with Gasteiger partial charge in [-0.05, 0) is 60.9 Å². The van der Waals surface area contributed by atoms with Crippen LogP contribution in [0.3, 0.4) is 0 Å². The van der Waals surface area contributed by atoms with Crippen molar-refractivity contribution in [3.8, 4) is 11.5 Å². The average molecular weight is 291 g/mol. The van der Waals surface area contributed by atoms with E-state index in [1.807, 2.05) is 0 Å². The first-order chi connectivity index (χ1) is 10.0. The van der Waals surface area contributed by atoms with E-state index in [2.05, 4.69) is 45.1 Å². The molecule has 118 valence electrons. The van der Waals surface area contributed by atoms with Crippen LogP contribution in [0.2, 0.25) is 0 Å². The molecule has 0 spiro atoms. The number of hydrogen-bond donors (Lipinski definition) is 1. The molecule has 1 saturated carbocycles. The van der Waals surface area contributed by atoms with E-state index in [0.29, 0.717) is 17.4 Å². The van der Waals surface area contributed by atoms with Crippen LogP contribution in [0.5, 0.6) is 11.5 Å². The Morgan fingerprint density at radius 2 is 1.81 bits per heavy atom. The van der Waals surface area contributed by atoms with Crippen LogP contribution in [0.25, 0.3) is 0 Å². The highest BCUT2D eigenvalue weighted by Crippen LogP contribution is 2.56. The molecule has 3 atom stereocenters. The fraction of sp³-hybridized carbons (Fsp3) is 0.667. The molecule has 1 aromatic rings. The number of aryl methyl sites for hydroxylation is 1. The van der Waals surface area contributed by atoms with Gasteiger partial charge in [0.15, 0.2) is 11.5 Å². The lowest BCUT2D eigenvalue weighted by atomic mass is 9.53. The first-order valence-electron chi connectivity index (χ1n) is 7.97. The summed E-state index contributed by atoms with van der Waals surface area (Å²) < 4.78 is 10.9. The molecular weight excluding hydrogens is 262 g/mol. The van der Waals surface area contributed by atoms with Crippen LogP contribution in [0.1, 0.15) is 50.7 Å². The molecule has 3 unspecified atom stereocenters. The Balaban J connectivity index is 2.34. The fourth-order valence-electron chi connectivity index (χ4n) is 3.77. The second-order valence-corrected chi connectivity index (χ2v) is 6.32. The zero-order chi connectivity index (χ0) is 15.6. The molecule has 0 heterocycles. The van der Waals surface area contributed by atoms with Gasteiger partial charge >= 0.3 is 0 Å². The summed E-state index contributed by atoms with van der Waals surface area (Å²) in [5.74, 6) is 2.24. The van der Waals surface area contributed by atoms with Crippen molar-refractivity contribution < 1.29 is 9.47 Å². The van der Waals surface area contributed by atoms with Gasteiger partial charge in [-0.1, -0.05) is 20.8 Å². The molecule has 21 heavy (non-hydrogen) atoms. The molecule has 1 N–H and O–H groups in total.